The van der Waals surface area contributed by atoms with E-state index in [-0.39, 0.29) is 12.1 Å². The third-order valence-electron chi connectivity index (χ3n) is 3.03. The number of rotatable bonds is 4. The summed E-state index contributed by atoms with van der Waals surface area (Å²) in [6.45, 7) is 2.05. The second-order valence-corrected chi connectivity index (χ2v) is 5.17. The van der Waals surface area contributed by atoms with E-state index in [9.17, 15) is 9.18 Å². The summed E-state index contributed by atoms with van der Waals surface area (Å²) in [6, 6.07) is 11.8. The minimum Gasteiger partial charge on any atom is -0.389 e. The van der Waals surface area contributed by atoms with Crippen molar-refractivity contribution in [3.05, 3.63) is 70.5 Å². The summed E-state index contributed by atoms with van der Waals surface area (Å²) in [5, 5.41) is 2.68. The van der Waals surface area contributed by atoms with Gasteiger partial charge in [0.2, 0.25) is 0 Å². The summed E-state index contributed by atoms with van der Waals surface area (Å²) in [5.74, 6) is -0.974. The normalized spacial score (nSPS) is 10.2. The maximum absolute atomic E-state index is 13.7. The van der Waals surface area contributed by atoms with Crippen LogP contribution in [0.1, 0.15) is 27.0 Å². The molecule has 3 N–H and O–H groups in total. The molecule has 2 rings (SSSR count). The molecular formula is C16H15FN2OS. The van der Waals surface area contributed by atoms with Crippen LogP contribution in [0.25, 0.3) is 0 Å². The van der Waals surface area contributed by atoms with E-state index in [1.54, 1.807) is 25.1 Å². The van der Waals surface area contributed by atoms with Crippen LogP contribution in [-0.4, -0.2) is 10.9 Å². The third kappa shape index (κ3) is 3.86. The lowest BCUT2D eigenvalue weighted by molar-refractivity contribution is 0.0947. The fraction of sp³-hybridized carbons (Fsp3) is 0.125. The van der Waals surface area contributed by atoms with Gasteiger partial charge in [-0.15, -0.1) is 0 Å². The topological polar surface area (TPSA) is 55.1 Å². The summed E-state index contributed by atoms with van der Waals surface area (Å²) in [4.78, 5) is 12.3. The van der Waals surface area contributed by atoms with Crippen LogP contribution in [0.2, 0.25) is 0 Å². The zero-order valence-corrected chi connectivity index (χ0v) is 12.3. The van der Waals surface area contributed by atoms with Crippen molar-refractivity contribution in [3.8, 4) is 0 Å². The Hall–Kier alpha value is -2.27. The summed E-state index contributed by atoms with van der Waals surface area (Å²) in [5.41, 5.74) is 7.95. The first-order chi connectivity index (χ1) is 9.97. The molecule has 0 bridgehead atoms. The van der Waals surface area contributed by atoms with Gasteiger partial charge in [-0.25, -0.2) is 4.39 Å². The Labute approximate surface area is 128 Å². The molecule has 0 unspecified atom stereocenters. The van der Waals surface area contributed by atoms with E-state index < -0.39 is 11.7 Å². The average Bonchev–Trinajstić information content (AvgIpc) is 2.45. The van der Waals surface area contributed by atoms with Gasteiger partial charge in [0.15, 0.2) is 0 Å². The number of nitrogens with one attached hydrogen (secondary N) is 1. The summed E-state index contributed by atoms with van der Waals surface area (Å²) < 4.78 is 13.7. The van der Waals surface area contributed by atoms with Gasteiger partial charge in [0, 0.05) is 12.1 Å². The highest BCUT2D eigenvalue weighted by Gasteiger charge is 2.11. The van der Waals surface area contributed by atoms with Gasteiger partial charge in [0.05, 0.1) is 5.56 Å². The van der Waals surface area contributed by atoms with Gasteiger partial charge in [-0.1, -0.05) is 36.5 Å². The molecule has 0 aromatic heterocycles. The SMILES string of the molecule is Cc1ccc(C(=O)NCc2cccc(C(N)=S)c2)c(F)c1. The van der Waals surface area contributed by atoms with Gasteiger partial charge in [-0.3, -0.25) is 4.79 Å². The largest absolute Gasteiger partial charge is 0.389 e. The predicted octanol–water partition coefficient (Wildman–Crippen LogP) is 2.70. The van der Waals surface area contributed by atoms with Crippen LogP contribution in [0.5, 0.6) is 0 Å². The average molecular weight is 302 g/mol. The van der Waals surface area contributed by atoms with Crippen LogP contribution in [0.4, 0.5) is 4.39 Å². The Kier molecular flexibility index (Phi) is 4.65. The van der Waals surface area contributed by atoms with Gasteiger partial charge in [0.25, 0.3) is 5.91 Å². The van der Waals surface area contributed by atoms with Crippen LogP contribution < -0.4 is 11.1 Å². The van der Waals surface area contributed by atoms with Crippen molar-refractivity contribution < 1.29 is 9.18 Å². The molecule has 5 heteroatoms. The first-order valence-electron chi connectivity index (χ1n) is 6.40. The standard InChI is InChI=1S/C16H15FN2OS/c1-10-5-6-13(14(17)7-10)16(20)19-9-11-3-2-4-12(8-11)15(18)21/h2-8H,9H2,1H3,(H2,18,21)(H,19,20). The third-order valence-corrected chi connectivity index (χ3v) is 3.27. The van der Waals surface area contributed by atoms with E-state index in [1.165, 1.54) is 12.1 Å². The molecular weight excluding hydrogens is 287 g/mol. The quantitative estimate of drug-likeness (QED) is 0.854. The molecule has 0 radical (unpaired) electrons. The molecule has 108 valence electrons. The fourth-order valence-electron chi connectivity index (χ4n) is 1.92. The minimum absolute atomic E-state index is 0.0334. The van der Waals surface area contributed by atoms with Gasteiger partial charge < -0.3 is 11.1 Å². The number of aryl methyl sites for hydroxylation is 1. The lowest BCUT2D eigenvalue weighted by Gasteiger charge is -2.08. The van der Waals surface area contributed by atoms with E-state index in [0.717, 1.165) is 16.7 Å². The first-order valence-corrected chi connectivity index (χ1v) is 6.81. The molecule has 1 amide bonds. The number of benzene rings is 2. The second-order valence-electron chi connectivity index (χ2n) is 4.73. The van der Waals surface area contributed by atoms with Crippen molar-refractivity contribution in [3.63, 3.8) is 0 Å². The molecule has 21 heavy (non-hydrogen) atoms. The first kappa shape index (κ1) is 15.1. The summed E-state index contributed by atoms with van der Waals surface area (Å²) in [7, 11) is 0. The number of hydrogen-bond donors (Lipinski definition) is 2. The molecule has 3 nitrogen and oxygen atoms in total. The summed E-state index contributed by atoms with van der Waals surface area (Å²) in [6.07, 6.45) is 0. The molecule has 2 aromatic rings. The van der Waals surface area contributed by atoms with Crippen LogP contribution >= 0.6 is 12.2 Å². The van der Waals surface area contributed by atoms with Gasteiger partial charge in [-0.05, 0) is 36.2 Å². The van der Waals surface area contributed by atoms with Crippen molar-refractivity contribution in [1.29, 1.82) is 0 Å². The van der Waals surface area contributed by atoms with Crippen molar-refractivity contribution >= 4 is 23.1 Å². The summed E-state index contributed by atoms with van der Waals surface area (Å²) >= 11 is 4.90. The highest BCUT2D eigenvalue weighted by molar-refractivity contribution is 7.80. The Morgan fingerprint density at radius 1 is 1.29 bits per heavy atom. The Morgan fingerprint density at radius 3 is 2.71 bits per heavy atom. The number of carbonyl (C=O) groups excluding carboxylic acids is 1. The molecule has 0 aliphatic rings. The van der Waals surface area contributed by atoms with E-state index in [0.29, 0.717) is 4.99 Å². The molecule has 0 aliphatic heterocycles. The minimum atomic E-state index is -0.524. The fourth-order valence-corrected chi connectivity index (χ4v) is 2.04. The van der Waals surface area contributed by atoms with Crippen molar-refractivity contribution in [1.82, 2.24) is 5.32 Å². The number of hydrogen-bond acceptors (Lipinski definition) is 2. The van der Waals surface area contributed by atoms with Crippen LogP contribution in [0, 0.1) is 12.7 Å². The zero-order chi connectivity index (χ0) is 15.4. The van der Waals surface area contributed by atoms with Crippen LogP contribution in [0.15, 0.2) is 42.5 Å². The predicted molar refractivity (Wildman–Crippen MR) is 84.6 cm³/mol. The molecule has 0 heterocycles. The van der Waals surface area contributed by atoms with Crippen molar-refractivity contribution in [2.45, 2.75) is 13.5 Å². The molecule has 0 saturated carbocycles. The van der Waals surface area contributed by atoms with E-state index >= 15 is 0 Å². The van der Waals surface area contributed by atoms with E-state index in [2.05, 4.69) is 5.32 Å². The van der Waals surface area contributed by atoms with Crippen LogP contribution in [0.3, 0.4) is 0 Å². The van der Waals surface area contributed by atoms with Crippen LogP contribution in [-0.2, 0) is 6.54 Å². The van der Waals surface area contributed by atoms with Crippen molar-refractivity contribution in [2.75, 3.05) is 0 Å². The lowest BCUT2D eigenvalue weighted by atomic mass is 10.1. The Balaban J connectivity index is 2.07. The number of nitrogens with two attached hydrogens (primary N) is 1. The van der Waals surface area contributed by atoms with Gasteiger partial charge >= 0.3 is 0 Å². The molecule has 0 atom stereocenters. The Morgan fingerprint density at radius 2 is 2.05 bits per heavy atom. The number of carbonyl (C=O) groups is 1. The molecule has 0 fully saturated rings. The van der Waals surface area contributed by atoms with Gasteiger partial charge in [-0.2, -0.15) is 0 Å². The van der Waals surface area contributed by atoms with Crippen molar-refractivity contribution in [2.24, 2.45) is 5.73 Å². The number of amides is 1. The molecule has 0 spiro atoms. The van der Waals surface area contributed by atoms with E-state index in [4.69, 9.17) is 18.0 Å². The maximum Gasteiger partial charge on any atom is 0.254 e. The number of thiocarbonyl (C=S) groups is 1. The highest BCUT2D eigenvalue weighted by atomic mass is 32.1. The Bertz CT molecular complexity index is 700. The molecule has 0 saturated heterocycles. The highest BCUT2D eigenvalue weighted by Crippen LogP contribution is 2.10. The zero-order valence-electron chi connectivity index (χ0n) is 11.5. The lowest BCUT2D eigenvalue weighted by Crippen LogP contribution is -2.24. The molecule has 0 aliphatic carbocycles. The smallest absolute Gasteiger partial charge is 0.254 e. The molecule has 2 aromatic carbocycles. The second kappa shape index (κ2) is 6.45. The number of halogens is 1. The van der Waals surface area contributed by atoms with Gasteiger partial charge in [0.1, 0.15) is 10.8 Å². The maximum atomic E-state index is 13.7. The monoisotopic (exact) mass is 302 g/mol. The van der Waals surface area contributed by atoms with E-state index in [1.807, 2.05) is 12.1 Å².